The quantitative estimate of drug-likeness (QED) is 0.415. The fourth-order valence-corrected chi connectivity index (χ4v) is 2.69. The standard InChI is InChI=1S/C18H18ClN5O2/c1-22-18(21)24-17(25)13-8-11-12(19)6-7-15(16(11)23-13)26-14-5-3-2-4-10(14)9-20/h2-8,23H,9,20H2,1H3,(H3,21,22,24,25). The summed E-state index contributed by atoms with van der Waals surface area (Å²) in [5.41, 5.74) is 13.0. The Hall–Kier alpha value is -3.03. The lowest BCUT2D eigenvalue weighted by atomic mass is 10.2. The van der Waals surface area contributed by atoms with Crippen molar-refractivity contribution in [1.82, 2.24) is 10.3 Å². The van der Waals surface area contributed by atoms with Crippen molar-refractivity contribution in [2.24, 2.45) is 16.5 Å². The van der Waals surface area contributed by atoms with Crippen LogP contribution in [0.5, 0.6) is 11.5 Å². The molecule has 0 bridgehead atoms. The Morgan fingerprint density at radius 3 is 2.77 bits per heavy atom. The van der Waals surface area contributed by atoms with Gasteiger partial charge in [0.1, 0.15) is 11.4 Å². The third-order valence-corrected chi connectivity index (χ3v) is 4.15. The van der Waals surface area contributed by atoms with Crippen molar-refractivity contribution >= 4 is 34.4 Å². The van der Waals surface area contributed by atoms with Crippen LogP contribution >= 0.6 is 11.6 Å². The summed E-state index contributed by atoms with van der Waals surface area (Å²) in [6, 6.07) is 12.5. The van der Waals surface area contributed by atoms with E-state index in [0.717, 1.165) is 5.56 Å². The number of carbonyl (C=O) groups is 1. The van der Waals surface area contributed by atoms with Gasteiger partial charge in [0.2, 0.25) is 0 Å². The zero-order valence-electron chi connectivity index (χ0n) is 14.0. The first-order valence-electron chi connectivity index (χ1n) is 7.86. The lowest BCUT2D eigenvalue weighted by molar-refractivity contribution is 0.0998. The molecule has 2 aromatic carbocycles. The van der Waals surface area contributed by atoms with Gasteiger partial charge >= 0.3 is 0 Å². The van der Waals surface area contributed by atoms with E-state index in [0.29, 0.717) is 34.0 Å². The summed E-state index contributed by atoms with van der Waals surface area (Å²) in [7, 11) is 1.58. The van der Waals surface area contributed by atoms with Crippen LogP contribution in [0.25, 0.3) is 10.9 Å². The van der Waals surface area contributed by atoms with Crippen LogP contribution in [0.15, 0.2) is 47.5 Å². The number of carbonyl (C=O) groups excluding carboxylic acids is 1. The molecule has 0 aliphatic rings. The highest BCUT2D eigenvalue weighted by Crippen LogP contribution is 2.35. The number of nitrogens with one attached hydrogen (secondary N) is 2. The third kappa shape index (κ3) is 3.49. The molecule has 0 fully saturated rings. The van der Waals surface area contributed by atoms with E-state index in [2.05, 4.69) is 15.3 Å². The van der Waals surface area contributed by atoms with Crippen LogP contribution in [0.2, 0.25) is 5.02 Å². The fraction of sp³-hybridized carbons (Fsp3) is 0.111. The molecule has 0 aliphatic carbocycles. The molecular weight excluding hydrogens is 354 g/mol. The van der Waals surface area contributed by atoms with Gasteiger partial charge in [-0.2, -0.15) is 4.99 Å². The maximum absolute atomic E-state index is 12.2. The molecule has 6 N–H and O–H groups in total. The number of nitrogens with zero attached hydrogens (tertiary/aromatic N) is 1. The Labute approximate surface area is 155 Å². The molecule has 7 nitrogen and oxygen atoms in total. The number of hydrogen-bond acceptors (Lipinski definition) is 3. The Balaban J connectivity index is 2.05. The number of hydrogen-bond donors (Lipinski definition) is 4. The number of halogens is 1. The number of amides is 1. The van der Waals surface area contributed by atoms with Crippen LogP contribution in [0.1, 0.15) is 16.1 Å². The normalized spacial score (nSPS) is 11.6. The fourth-order valence-electron chi connectivity index (χ4n) is 2.48. The molecule has 1 aromatic heterocycles. The molecule has 3 rings (SSSR count). The molecule has 0 unspecified atom stereocenters. The van der Waals surface area contributed by atoms with Gasteiger partial charge in [0.15, 0.2) is 11.7 Å². The summed E-state index contributed by atoms with van der Waals surface area (Å²) in [6.45, 7) is 0.347. The van der Waals surface area contributed by atoms with E-state index in [-0.39, 0.29) is 11.7 Å². The van der Waals surface area contributed by atoms with Gasteiger partial charge in [-0.1, -0.05) is 29.8 Å². The number of benzene rings is 2. The summed E-state index contributed by atoms with van der Waals surface area (Å²) in [6.07, 6.45) is 0. The molecule has 0 saturated carbocycles. The largest absolute Gasteiger partial charge is 0.455 e. The number of ether oxygens (including phenoxy) is 1. The first kappa shape index (κ1) is 17.8. The maximum atomic E-state index is 12.2. The van der Waals surface area contributed by atoms with Gasteiger partial charge in [-0.3, -0.25) is 4.79 Å². The highest BCUT2D eigenvalue weighted by atomic mass is 35.5. The summed E-state index contributed by atoms with van der Waals surface area (Å²) in [5.74, 6) is 0.666. The van der Waals surface area contributed by atoms with E-state index >= 15 is 0 Å². The second-order valence-corrected chi connectivity index (χ2v) is 5.89. The topological polar surface area (TPSA) is 119 Å². The number of guanidine groups is 1. The van der Waals surface area contributed by atoms with Crippen LogP contribution in [0.3, 0.4) is 0 Å². The van der Waals surface area contributed by atoms with E-state index in [1.54, 1.807) is 25.2 Å². The molecule has 1 heterocycles. The van der Waals surface area contributed by atoms with Crippen molar-refractivity contribution in [3.63, 3.8) is 0 Å². The molecule has 0 radical (unpaired) electrons. The first-order chi connectivity index (χ1) is 12.5. The number of nitrogens with two attached hydrogens (primary N) is 2. The molecule has 0 spiro atoms. The van der Waals surface area contributed by atoms with Crippen LogP contribution < -0.4 is 21.5 Å². The zero-order valence-corrected chi connectivity index (χ0v) is 14.8. The van der Waals surface area contributed by atoms with Crippen molar-refractivity contribution in [1.29, 1.82) is 0 Å². The molecule has 26 heavy (non-hydrogen) atoms. The predicted octanol–water partition coefficient (Wildman–Crippen LogP) is 2.75. The average molecular weight is 372 g/mol. The SMILES string of the molecule is CNC(N)=NC(=O)c1cc2c(Cl)ccc(Oc3ccccc3CN)c2[nH]1. The van der Waals surface area contributed by atoms with Crippen LogP contribution in [0.4, 0.5) is 0 Å². The third-order valence-electron chi connectivity index (χ3n) is 3.82. The maximum Gasteiger partial charge on any atom is 0.296 e. The Kier molecular flexibility index (Phi) is 5.11. The van der Waals surface area contributed by atoms with Gasteiger partial charge in [0, 0.05) is 24.5 Å². The van der Waals surface area contributed by atoms with E-state index in [1.807, 2.05) is 24.3 Å². The van der Waals surface area contributed by atoms with Gasteiger partial charge in [-0.05, 0) is 24.3 Å². The molecule has 1 amide bonds. The minimum atomic E-state index is -0.516. The molecular formula is C18H18ClN5O2. The number of aliphatic imine (C=N–C) groups is 1. The number of aromatic amines is 1. The minimum absolute atomic E-state index is 0.0214. The number of para-hydroxylation sites is 1. The lowest BCUT2D eigenvalue weighted by Crippen LogP contribution is -2.28. The molecule has 0 saturated heterocycles. The highest BCUT2D eigenvalue weighted by Gasteiger charge is 2.15. The number of fused-ring (bicyclic) bond motifs is 1. The Morgan fingerprint density at radius 1 is 1.27 bits per heavy atom. The predicted molar refractivity (Wildman–Crippen MR) is 103 cm³/mol. The smallest absolute Gasteiger partial charge is 0.296 e. The molecule has 0 atom stereocenters. The monoisotopic (exact) mass is 371 g/mol. The van der Waals surface area contributed by atoms with Gasteiger partial charge in [0.25, 0.3) is 5.91 Å². The van der Waals surface area contributed by atoms with Crippen molar-refractivity contribution in [2.45, 2.75) is 6.54 Å². The highest BCUT2D eigenvalue weighted by molar-refractivity contribution is 6.35. The summed E-state index contributed by atoms with van der Waals surface area (Å²) in [4.78, 5) is 19.0. The first-order valence-corrected chi connectivity index (χ1v) is 8.24. The minimum Gasteiger partial charge on any atom is -0.455 e. The summed E-state index contributed by atoms with van der Waals surface area (Å²) < 4.78 is 6.01. The second kappa shape index (κ2) is 7.47. The van der Waals surface area contributed by atoms with E-state index in [9.17, 15) is 4.79 Å². The molecule has 3 aromatic rings. The van der Waals surface area contributed by atoms with E-state index in [1.165, 1.54) is 0 Å². The summed E-state index contributed by atoms with van der Waals surface area (Å²) >= 11 is 6.26. The van der Waals surface area contributed by atoms with Gasteiger partial charge in [0.05, 0.1) is 10.5 Å². The number of aromatic nitrogens is 1. The Morgan fingerprint density at radius 2 is 2.04 bits per heavy atom. The van der Waals surface area contributed by atoms with Crippen molar-refractivity contribution in [3.8, 4) is 11.5 Å². The summed E-state index contributed by atoms with van der Waals surface area (Å²) in [5, 5.41) is 3.73. The van der Waals surface area contributed by atoms with E-state index in [4.69, 9.17) is 27.8 Å². The van der Waals surface area contributed by atoms with Gasteiger partial charge < -0.3 is 26.5 Å². The number of rotatable bonds is 4. The molecule has 0 aliphatic heterocycles. The van der Waals surface area contributed by atoms with Crippen LogP contribution in [0, 0.1) is 0 Å². The zero-order chi connectivity index (χ0) is 18.7. The van der Waals surface area contributed by atoms with Gasteiger partial charge in [-0.25, -0.2) is 0 Å². The number of H-pyrrole nitrogens is 1. The molecule has 8 heteroatoms. The van der Waals surface area contributed by atoms with Crippen LogP contribution in [-0.4, -0.2) is 23.9 Å². The molecule has 134 valence electrons. The van der Waals surface area contributed by atoms with Crippen molar-refractivity contribution in [2.75, 3.05) is 7.05 Å². The van der Waals surface area contributed by atoms with Crippen molar-refractivity contribution in [3.05, 3.63) is 58.7 Å². The lowest BCUT2D eigenvalue weighted by Gasteiger charge is -2.11. The van der Waals surface area contributed by atoms with Crippen LogP contribution in [-0.2, 0) is 6.54 Å². The van der Waals surface area contributed by atoms with Gasteiger partial charge in [-0.15, -0.1) is 0 Å². The van der Waals surface area contributed by atoms with E-state index < -0.39 is 5.91 Å². The Bertz CT molecular complexity index is 996. The van der Waals surface area contributed by atoms with Crippen molar-refractivity contribution < 1.29 is 9.53 Å². The average Bonchev–Trinajstić information content (AvgIpc) is 3.11. The second-order valence-electron chi connectivity index (χ2n) is 5.48.